The summed E-state index contributed by atoms with van der Waals surface area (Å²) >= 11 is 0. The molecule has 7 nitrogen and oxygen atoms in total. The van der Waals surface area contributed by atoms with Gasteiger partial charge in [-0.05, 0) is 31.7 Å². The van der Waals surface area contributed by atoms with Crippen molar-refractivity contribution in [1.29, 1.82) is 0 Å². The maximum absolute atomic E-state index is 11.9. The second kappa shape index (κ2) is 8.46. The normalized spacial score (nSPS) is 23.8. The van der Waals surface area contributed by atoms with E-state index in [4.69, 9.17) is 0 Å². The highest BCUT2D eigenvalue weighted by molar-refractivity contribution is 5.77. The first-order valence-corrected chi connectivity index (χ1v) is 9.35. The van der Waals surface area contributed by atoms with Crippen molar-refractivity contribution in [2.75, 3.05) is 19.6 Å². The van der Waals surface area contributed by atoms with E-state index < -0.39 is 0 Å². The molecule has 2 heterocycles. The molecule has 134 valence electrons. The van der Waals surface area contributed by atoms with Crippen LogP contribution in [0, 0.1) is 5.92 Å². The van der Waals surface area contributed by atoms with Crippen LogP contribution in [0.3, 0.4) is 0 Å². The van der Waals surface area contributed by atoms with Crippen LogP contribution in [0.25, 0.3) is 0 Å². The van der Waals surface area contributed by atoms with Gasteiger partial charge in [0.05, 0.1) is 6.42 Å². The lowest BCUT2D eigenvalue weighted by Crippen LogP contribution is -2.36. The fourth-order valence-corrected chi connectivity index (χ4v) is 4.02. The molecule has 0 radical (unpaired) electrons. The molecule has 0 bridgehead atoms. The van der Waals surface area contributed by atoms with Crippen LogP contribution < -0.4 is 11.0 Å². The summed E-state index contributed by atoms with van der Waals surface area (Å²) in [5.74, 6) is 0.847. The number of likely N-dealkylation sites (tertiary alicyclic amines) is 1. The van der Waals surface area contributed by atoms with E-state index in [2.05, 4.69) is 25.4 Å². The van der Waals surface area contributed by atoms with Crippen LogP contribution in [0.4, 0.5) is 0 Å². The van der Waals surface area contributed by atoms with Gasteiger partial charge in [0.25, 0.3) is 0 Å². The van der Waals surface area contributed by atoms with Crippen LogP contribution in [-0.2, 0) is 11.2 Å². The van der Waals surface area contributed by atoms with Crippen LogP contribution in [0.1, 0.15) is 57.2 Å². The summed E-state index contributed by atoms with van der Waals surface area (Å²) in [4.78, 5) is 28.1. The van der Waals surface area contributed by atoms with Crippen molar-refractivity contribution in [2.45, 2.75) is 63.8 Å². The summed E-state index contributed by atoms with van der Waals surface area (Å²) in [5.41, 5.74) is -0.372. The van der Waals surface area contributed by atoms with Crippen molar-refractivity contribution in [2.24, 2.45) is 5.92 Å². The molecule has 2 aliphatic rings. The van der Waals surface area contributed by atoms with Crippen LogP contribution in [0.15, 0.2) is 4.79 Å². The third kappa shape index (κ3) is 4.93. The summed E-state index contributed by atoms with van der Waals surface area (Å²) in [7, 11) is 0. The second-order valence-electron chi connectivity index (χ2n) is 7.25. The molecule has 1 aromatic heterocycles. The van der Waals surface area contributed by atoms with Crippen molar-refractivity contribution in [3.8, 4) is 0 Å². The molecule has 1 aliphatic carbocycles. The highest BCUT2D eigenvalue weighted by atomic mass is 16.2. The Balaban J connectivity index is 1.39. The Hall–Kier alpha value is -1.63. The number of amides is 1. The topological polar surface area (TPSA) is 93.9 Å². The van der Waals surface area contributed by atoms with Crippen molar-refractivity contribution in [3.63, 3.8) is 0 Å². The molecule has 3 rings (SSSR count). The number of carbonyl (C=O) groups excluding carboxylic acids is 1. The van der Waals surface area contributed by atoms with Crippen molar-refractivity contribution in [3.05, 3.63) is 16.3 Å². The third-order valence-corrected chi connectivity index (χ3v) is 5.37. The minimum Gasteiger partial charge on any atom is -0.355 e. The molecule has 1 atom stereocenters. The zero-order chi connectivity index (χ0) is 16.8. The summed E-state index contributed by atoms with van der Waals surface area (Å²) < 4.78 is 0. The van der Waals surface area contributed by atoms with E-state index in [-0.39, 0.29) is 18.0 Å². The summed E-state index contributed by atoms with van der Waals surface area (Å²) in [6.45, 7) is 2.98. The van der Waals surface area contributed by atoms with Gasteiger partial charge in [-0.3, -0.25) is 9.78 Å². The number of H-pyrrole nitrogens is 2. The summed E-state index contributed by atoms with van der Waals surface area (Å²) in [5, 5.41) is 9.02. The minimum atomic E-state index is -0.372. The van der Waals surface area contributed by atoms with E-state index in [1.54, 1.807) is 0 Å². The van der Waals surface area contributed by atoms with Gasteiger partial charge < -0.3 is 10.2 Å². The molecule has 7 heteroatoms. The molecule has 1 saturated carbocycles. The van der Waals surface area contributed by atoms with E-state index in [1.807, 2.05) is 0 Å². The Bertz CT molecular complexity index is 574. The van der Waals surface area contributed by atoms with Crippen molar-refractivity contribution >= 4 is 5.91 Å². The zero-order valence-electron chi connectivity index (χ0n) is 14.4. The number of aromatic nitrogens is 3. The van der Waals surface area contributed by atoms with Crippen LogP contribution >= 0.6 is 0 Å². The smallest absolute Gasteiger partial charge is 0.340 e. The molecule has 0 spiro atoms. The Morgan fingerprint density at radius 3 is 2.62 bits per heavy atom. The first-order valence-electron chi connectivity index (χ1n) is 9.35. The molecular weight excluding hydrogens is 306 g/mol. The molecule has 1 aliphatic heterocycles. The lowest BCUT2D eigenvalue weighted by molar-refractivity contribution is -0.120. The fourth-order valence-electron chi connectivity index (χ4n) is 4.02. The first-order chi connectivity index (χ1) is 11.7. The average Bonchev–Trinajstić information content (AvgIpc) is 3.14. The van der Waals surface area contributed by atoms with E-state index >= 15 is 0 Å². The standard InChI is InChI=1S/C17H29N5O2/c23-16(10-15-19-17(24)21-20-15)18-11-13-8-9-22(12-13)14-6-4-2-1-3-5-7-14/h13-14H,1-12H2,(H,18,23)(H2,19,20,21,24)/t13-/m1/s1. The summed E-state index contributed by atoms with van der Waals surface area (Å²) in [6, 6.07) is 0.750. The number of nitrogens with one attached hydrogen (secondary N) is 3. The quantitative estimate of drug-likeness (QED) is 0.753. The third-order valence-electron chi connectivity index (χ3n) is 5.37. The number of nitrogens with zero attached hydrogens (tertiary/aromatic N) is 2. The molecule has 0 unspecified atom stereocenters. The van der Waals surface area contributed by atoms with E-state index in [9.17, 15) is 9.59 Å². The molecule has 1 amide bonds. The Morgan fingerprint density at radius 1 is 1.17 bits per heavy atom. The zero-order valence-corrected chi connectivity index (χ0v) is 14.4. The maximum atomic E-state index is 11.9. The van der Waals surface area contributed by atoms with Crippen molar-refractivity contribution in [1.82, 2.24) is 25.4 Å². The van der Waals surface area contributed by atoms with Gasteiger partial charge in [-0.25, -0.2) is 9.89 Å². The van der Waals surface area contributed by atoms with Crippen LogP contribution in [0.2, 0.25) is 0 Å². The average molecular weight is 335 g/mol. The minimum absolute atomic E-state index is 0.0813. The first kappa shape index (κ1) is 17.2. The molecule has 3 N–H and O–H groups in total. The van der Waals surface area contributed by atoms with Gasteiger partial charge in [0.2, 0.25) is 5.91 Å². The van der Waals surface area contributed by atoms with Gasteiger partial charge in [-0.1, -0.05) is 32.1 Å². The van der Waals surface area contributed by atoms with Crippen molar-refractivity contribution < 1.29 is 4.79 Å². The molecule has 0 aromatic carbocycles. The molecule has 2 fully saturated rings. The van der Waals surface area contributed by atoms with Crippen LogP contribution in [-0.4, -0.2) is 51.7 Å². The largest absolute Gasteiger partial charge is 0.355 e. The highest BCUT2D eigenvalue weighted by Crippen LogP contribution is 2.26. The maximum Gasteiger partial charge on any atom is 0.340 e. The molecule has 24 heavy (non-hydrogen) atoms. The fraction of sp³-hybridized carbons (Fsp3) is 0.824. The Kier molecular flexibility index (Phi) is 6.07. The second-order valence-corrected chi connectivity index (χ2v) is 7.25. The molecular formula is C17H29N5O2. The molecule has 1 saturated heterocycles. The lowest BCUT2D eigenvalue weighted by Gasteiger charge is -2.29. The lowest BCUT2D eigenvalue weighted by atomic mass is 9.96. The van der Waals surface area contributed by atoms with Gasteiger partial charge in [0.15, 0.2) is 0 Å². The number of aromatic amines is 2. The van der Waals surface area contributed by atoms with E-state index in [1.165, 1.54) is 44.9 Å². The van der Waals surface area contributed by atoms with Gasteiger partial charge in [-0.15, -0.1) is 0 Å². The van der Waals surface area contributed by atoms with Gasteiger partial charge in [0, 0.05) is 19.1 Å². The Morgan fingerprint density at radius 2 is 1.92 bits per heavy atom. The predicted molar refractivity (Wildman–Crippen MR) is 91.7 cm³/mol. The number of hydrogen-bond acceptors (Lipinski definition) is 4. The number of hydrogen-bond donors (Lipinski definition) is 3. The van der Waals surface area contributed by atoms with Gasteiger partial charge in [-0.2, -0.15) is 5.10 Å². The highest BCUT2D eigenvalue weighted by Gasteiger charge is 2.28. The Labute approximate surface area is 142 Å². The number of carbonyl (C=O) groups is 1. The SMILES string of the molecule is O=C(Cc1n[nH]c(=O)[nH]1)NC[C@H]1CCN(C2CCCCCCC2)C1. The van der Waals surface area contributed by atoms with Gasteiger partial charge >= 0.3 is 5.69 Å². The van der Waals surface area contributed by atoms with E-state index in [0.29, 0.717) is 11.7 Å². The van der Waals surface area contributed by atoms with Gasteiger partial charge in [0.1, 0.15) is 5.82 Å². The summed E-state index contributed by atoms with van der Waals surface area (Å²) in [6.07, 6.45) is 10.9. The predicted octanol–water partition coefficient (Wildman–Crippen LogP) is 1.19. The van der Waals surface area contributed by atoms with Crippen LogP contribution in [0.5, 0.6) is 0 Å². The number of rotatable bonds is 5. The molecule has 1 aromatic rings. The van der Waals surface area contributed by atoms with E-state index in [0.717, 1.165) is 32.1 Å². The monoisotopic (exact) mass is 335 g/mol.